The van der Waals surface area contributed by atoms with Crippen LogP contribution in [0, 0.1) is 25.7 Å². The third-order valence-electron chi connectivity index (χ3n) is 6.44. The summed E-state index contributed by atoms with van der Waals surface area (Å²) in [5.74, 6) is 0.823. The van der Waals surface area contributed by atoms with Crippen molar-refractivity contribution in [2.75, 3.05) is 18.4 Å². The Balaban J connectivity index is 1.38. The van der Waals surface area contributed by atoms with E-state index in [0.717, 1.165) is 12.1 Å². The highest BCUT2D eigenvalue weighted by Gasteiger charge is 2.36. The molecule has 1 saturated heterocycles. The summed E-state index contributed by atoms with van der Waals surface area (Å²) in [7, 11) is -3.76. The molecule has 2 aromatic heterocycles. The number of hydrogen-bond donors (Lipinski definition) is 2. The summed E-state index contributed by atoms with van der Waals surface area (Å²) in [6.07, 6.45) is 8.61. The Hall–Kier alpha value is -2.20. The van der Waals surface area contributed by atoms with Gasteiger partial charge in [0, 0.05) is 24.8 Å². The molecule has 2 N–H and O–H groups in total. The highest BCUT2D eigenvalue weighted by molar-refractivity contribution is 7.89. The van der Waals surface area contributed by atoms with Gasteiger partial charge in [0.1, 0.15) is 10.6 Å². The Labute approximate surface area is 183 Å². The third-order valence-corrected chi connectivity index (χ3v) is 8.55. The Morgan fingerprint density at radius 1 is 1.23 bits per heavy atom. The number of rotatable bonds is 6. The maximum absolute atomic E-state index is 13.1. The Bertz CT molecular complexity index is 1000. The number of H-pyrrole nitrogens is 1. The van der Waals surface area contributed by atoms with E-state index in [1.807, 2.05) is 6.07 Å². The lowest BCUT2D eigenvalue weighted by Gasteiger charge is -2.30. The molecule has 1 aliphatic carbocycles. The van der Waals surface area contributed by atoms with Crippen LogP contribution < -0.4 is 5.32 Å². The molecule has 170 valence electrons. The lowest BCUT2D eigenvalue weighted by atomic mass is 9.86. The molecule has 1 aliphatic heterocycles. The average Bonchev–Trinajstić information content (AvgIpc) is 3.34. The van der Waals surface area contributed by atoms with Crippen LogP contribution in [-0.2, 0) is 21.2 Å². The van der Waals surface area contributed by atoms with E-state index in [1.54, 1.807) is 13.8 Å². The molecule has 10 heteroatoms. The van der Waals surface area contributed by atoms with Gasteiger partial charge in [-0.05, 0) is 39.0 Å². The van der Waals surface area contributed by atoms with E-state index in [4.69, 9.17) is 4.52 Å². The molecule has 0 bridgehead atoms. The highest BCUT2D eigenvalue weighted by Crippen LogP contribution is 2.29. The van der Waals surface area contributed by atoms with Crippen LogP contribution in [0.3, 0.4) is 0 Å². The molecule has 9 nitrogen and oxygen atoms in total. The zero-order chi connectivity index (χ0) is 22.0. The molecular formula is C21H31N5O4S. The second-order valence-electron chi connectivity index (χ2n) is 8.83. The lowest BCUT2D eigenvalue weighted by Crippen LogP contribution is -2.44. The van der Waals surface area contributed by atoms with E-state index in [1.165, 1.54) is 36.4 Å². The van der Waals surface area contributed by atoms with Crippen molar-refractivity contribution in [3.63, 3.8) is 0 Å². The van der Waals surface area contributed by atoms with Gasteiger partial charge in [0.05, 0.1) is 5.92 Å². The van der Waals surface area contributed by atoms with Crippen molar-refractivity contribution in [2.45, 2.75) is 70.1 Å². The first-order chi connectivity index (χ1) is 14.8. The number of aromatic amines is 1. The number of amides is 1. The quantitative estimate of drug-likeness (QED) is 0.699. The maximum atomic E-state index is 13.1. The Morgan fingerprint density at radius 3 is 2.71 bits per heavy atom. The average molecular weight is 450 g/mol. The van der Waals surface area contributed by atoms with Crippen molar-refractivity contribution in [3.05, 3.63) is 23.2 Å². The number of nitrogens with zero attached hydrogens (tertiary/aromatic N) is 3. The standard InChI is InChI=1S/C21H31N5O4S/c1-14-20(15(2)30-25-14)31(28,29)26-10-6-9-17(13-26)21(27)22-19-12-18(23-24-19)11-16-7-4-3-5-8-16/h12,16-17H,3-11,13H2,1-2H3,(H2,22,23,24,27). The molecule has 2 fully saturated rings. The number of carbonyl (C=O) groups is 1. The van der Waals surface area contributed by atoms with Gasteiger partial charge in [-0.3, -0.25) is 9.89 Å². The molecule has 0 radical (unpaired) electrons. The molecule has 1 saturated carbocycles. The number of carbonyl (C=O) groups excluding carboxylic acids is 1. The van der Waals surface area contributed by atoms with Gasteiger partial charge in [0.15, 0.2) is 11.6 Å². The predicted octanol–water partition coefficient (Wildman–Crippen LogP) is 3.18. The molecule has 1 atom stereocenters. The summed E-state index contributed by atoms with van der Waals surface area (Å²) in [5, 5.41) is 13.9. The van der Waals surface area contributed by atoms with Gasteiger partial charge in [-0.1, -0.05) is 37.3 Å². The highest BCUT2D eigenvalue weighted by atomic mass is 32.2. The van der Waals surface area contributed by atoms with Crippen LogP contribution in [0.25, 0.3) is 0 Å². The summed E-state index contributed by atoms with van der Waals surface area (Å²) >= 11 is 0. The zero-order valence-electron chi connectivity index (χ0n) is 18.2. The van der Waals surface area contributed by atoms with E-state index >= 15 is 0 Å². The van der Waals surface area contributed by atoms with E-state index in [9.17, 15) is 13.2 Å². The van der Waals surface area contributed by atoms with Crippen molar-refractivity contribution < 1.29 is 17.7 Å². The van der Waals surface area contributed by atoms with Crippen LogP contribution in [0.5, 0.6) is 0 Å². The number of nitrogens with one attached hydrogen (secondary N) is 2. The SMILES string of the molecule is Cc1noc(C)c1S(=O)(=O)N1CCCC(C(=O)Nc2cc(CC3CCCCC3)[nH]n2)C1. The van der Waals surface area contributed by atoms with Crippen LogP contribution in [0.1, 0.15) is 62.1 Å². The van der Waals surface area contributed by atoms with Crippen molar-refractivity contribution >= 4 is 21.7 Å². The van der Waals surface area contributed by atoms with Crippen molar-refractivity contribution in [1.82, 2.24) is 19.7 Å². The fourth-order valence-electron chi connectivity index (χ4n) is 4.81. The first-order valence-electron chi connectivity index (χ1n) is 11.1. The first kappa shape index (κ1) is 22.0. The van der Waals surface area contributed by atoms with Gasteiger partial charge >= 0.3 is 0 Å². The first-order valence-corrected chi connectivity index (χ1v) is 12.6. The number of anilines is 1. The van der Waals surface area contributed by atoms with Crippen LogP contribution in [0.4, 0.5) is 5.82 Å². The number of sulfonamides is 1. The van der Waals surface area contributed by atoms with Gasteiger partial charge < -0.3 is 9.84 Å². The lowest BCUT2D eigenvalue weighted by molar-refractivity contribution is -0.120. The Kier molecular flexibility index (Phi) is 6.47. The molecule has 0 spiro atoms. The minimum absolute atomic E-state index is 0.105. The summed E-state index contributed by atoms with van der Waals surface area (Å²) in [6, 6.07) is 1.90. The van der Waals surface area contributed by atoms with Gasteiger partial charge in [0.25, 0.3) is 0 Å². The molecule has 3 heterocycles. The molecular weight excluding hydrogens is 418 g/mol. The number of aryl methyl sites for hydroxylation is 2. The van der Waals surface area contributed by atoms with Gasteiger partial charge in [-0.2, -0.15) is 9.40 Å². The predicted molar refractivity (Wildman–Crippen MR) is 115 cm³/mol. The molecule has 2 aromatic rings. The van der Waals surface area contributed by atoms with E-state index < -0.39 is 15.9 Å². The van der Waals surface area contributed by atoms with Crippen LogP contribution in [-0.4, -0.2) is 47.1 Å². The summed E-state index contributed by atoms with van der Waals surface area (Å²) in [4.78, 5) is 12.9. The largest absolute Gasteiger partial charge is 0.360 e. The van der Waals surface area contributed by atoms with Gasteiger partial charge in [-0.15, -0.1) is 0 Å². The van der Waals surface area contributed by atoms with E-state index in [2.05, 4.69) is 20.7 Å². The van der Waals surface area contributed by atoms with Crippen LogP contribution in [0.15, 0.2) is 15.5 Å². The fraction of sp³-hybridized carbons (Fsp3) is 0.667. The van der Waals surface area contributed by atoms with Gasteiger partial charge in [-0.25, -0.2) is 8.42 Å². The second kappa shape index (κ2) is 9.12. The summed E-state index contributed by atoms with van der Waals surface area (Å²) < 4.78 is 32.6. The second-order valence-corrected chi connectivity index (χ2v) is 10.7. The number of hydrogen-bond acceptors (Lipinski definition) is 6. The summed E-state index contributed by atoms with van der Waals surface area (Å²) in [6.45, 7) is 3.71. The zero-order valence-corrected chi connectivity index (χ0v) is 19.0. The molecule has 4 rings (SSSR count). The molecule has 1 unspecified atom stereocenters. The minimum atomic E-state index is -3.76. The van der Waals surface area contributed by atoms with E-state index in [-0.39, 0.29) is 23.1 Å². The number of piperidine rings is 1. The van der Waals surface area contributed by atoms with Crippen LogP contribution in [0.2, 0.25) is 0 Å². The smallest absolute Gasteiger partial charge is 0.248 e. The topological polar surface area (TPSA) is 121 Å². The van der Waals surface area contributed by atoms with Crippen molar-refractivity contribution in [2.24, 2.45) is 11.8 Å². The monoisotopic (exact) mass is 449 g/mol. The fourth-order valence-corrected chi connectivity index (χ4v) is 6.62. The molecule has 2 aliphatic rings. The normalized spacial score (nSPS) is 21.3. The van der Waals surface area contributed by atoms with Crippen molar-refractivity contribution in [3.8, 4) is 0 Å². The minimum Gasteiger partial charge on any atom is -0.360 e. The maximum Gasteiger partial charge on any atom is 0.248 e. The van der Waals surface area contributed by atoms with E-state index in [0.29, 0.717) is 36.8 Å². The molecule has 0 aromatic carbocycles. The van der Waals surface area contributed by atoms with Crippen LogP contribution >= 0.6 is 0 Å². The number of aromatic nitrogens is 3. The van der Waals surface area contributed by atoms with Gasteiger partial charge in [0.2, 0.25) is 15.9 Å². The van der Waals surface area contributed by atoms with Crippen molar-refractivity contribution in [1.29, 1.82) is 0 Å². The molecule has 31 heavy (non-hydrogen) atoms. The summed E-state index contributed by atoms with van der Waals surface area (Å²) in [5.41, 5.74) is 1.37. The molecule has 1 amide bonds. The third kappa shape index (κ3) is 4.85. The Morgan fingerprint density at radius 2 is 2.00 bits per heavy atom.